The van der Waals surface area contributed by atoms with E-state index in [9.17, 15) is 4.79 Å². The van der Waals surface area contributed by atoms with Gasteiger partial charge in [-0.2, -0.15) is 0 Å². The molecule has 1 rings (SSSR count). The van der Waals surface area contributed by atoms with Gasteiger partial charge in [-0.1, -0.05) is 29.8 Å². The minimum Gasteiger partial charge on any atom is -0.433 e. The van der Waals surface area contributed by atoms with Crippen molar-refractivity contribution in [2.24, 2.45) is 0 Å². The molecule has 0 spiro atoms. The van der Waals surface area contributed by atoms with Crippen molar-refractivity contribution >= 4 is 21.9 Å². The van der Waals surface area contributed by atoms with Gasteiger partial charge >= 0.3 is 5.97 Å². The quantitative estimate of drug-likeness (QED) is 0.562. The summed E-state index contributed by atoms with van der Waals surface area (Å²) >= 11 is 3.34. The highest BCUT2D eigenvalue weighted by Gasteiger charge is 2.46. The van der Waals surface area contributed by atoms with Gasteiger partial charge in [0.2, 0.25) is 6.29 Å². The Bertz CT molecular complexity index is 208. The van der Waals surface area contributed by atoms with E-state index in [1.165, 1.54) is 0 Å². The van der Waals surface area contributed by atoms with E-state index in [0.29, 0.717) is 0 Å². The van der Waals surface area contributed by atoms with E-state index >= 15 is 0 Å². The molecule has 0 amide bonds. The first-order chi connectivity index (χ1) is 6.65. The first-order valence-corrected chi connectivity index (χ1v) is 5.68. The molecule has 0 aromatic rings. The molecule has 0 aromatic carbocycles. The predicted molar refractivity (Wildman–Crippen MR) is 56.3 cm³/mol. The van der Waals surface area contributed by atoms with Gasteiger partial charge in [-0.3, -0.25) is 9.69 Å². The van der Waals surface area contributed by atoms with Crippen LogP contribution in [-0.2, 0) is 14.3 Å². The summed E-state index contributed by atoms with van der Waals surface area (Å²) in [6.07, 6.45) is -0.452. The molecular formula is C9H16BrNO3. The molecule has 1 saturated heterocycles. The molecule has 5 heteroatoms. The molecule has 82 valence electrons. The topological polar surface area (TPSA) is 38.8 Å². The van der Waals surface area contributed by atoms with Crippen molar-refractivity contribution < 1.29 is 14.3 Å². The van der Waals surface area contributed by atoms with Crippen LogP contribution in [-0.4, -0.2) is 48.2 Å². The van der Waals surface area contributed by atoms with E-state index in [4.69, 9.17) is 9.47 Å². The summed E-state index contributed by atoms with van der Waals surface area (Å²) in [6.45, 7) is 5.86. The molecule has 0 aromatic heterocycles. The van der Waals surface area contributed by atoms with Gasteiger partial charge in [0.05, 0.1) is 6.04 Å². The molecule has 14 heavy (non-hydrogen) atoms. The second-order valence-corrected chi connectivity index (χ2v) is 4.14. The van der Waals surface area contributed by atoms with Crippen LogP contribution in [0.4, 0.5) is 0 Å². The Balaban J connectivity index is 2.76. The molecule has 3 atom stereocenters. The molecule has 1 aliphatic heterocycles. The number of hydrogen-bond donors (Lipinski definition) is 0. The van der Waals surface area contributed by atoms with Crippen LogP contribution in [0.25, 0.3) is 0 Å². The summed E-state index contributed by atoms with van der Waals surface area (Å²) in [7, 11) is 1.56. The number of halogens is 1. The number of esters is 1. The van der Waals surface area contributed by atoms with Crippen molar-refractivity contribution in [3.05, 3.63) is 0 Å². The summed E-state index contributed by atoms with van der Waals surface area (Å²) in [5, 5.41) is 0. The average molecular weight is 266 g/mol. The highest BCUT2D eigenvalue weighted by Crippen LogP contribution is 2.27. The van der Waals surface area contributed by atoms with E-state index in [0.717, 1.165) is 13.1 Å². The Hall–Kier alpha value is -0.130. The van der Waals surface area contributed by atoms with E-state index in [2.05, 4.69) is 34.7 Å². The molecule has 0 N–H and O–H groups in total. The van der Waals surface area contributed by atoms with Crippen LogP contribution in [0.2, 0.25) is 0 Å². The maximum atomic E-state index is 11.3. The van der Waals surface area contributed by atoms with Crippen LogP contribution in [0.1, 0.15) is 13.8 Å². The number of likely N-dealkylation sites (N-methyl/N-ethyl adjacent to an activating group) is 1. The zero-order valence-electron chi connectivity index (χ0n) is 8.70. The van der Waals surface area contributed by atoms with Gasteiger partial charge in [0.1, 0.15) is 4.83 Å². The van der Waals surface area contributed by atoms with Gasteiger partial charge in [-0.15, -0.1) is 0 Å². The Kier molecular flexibility index (Phi) is 4.34. The first kappa shape index (κ1) is 11.9. The van der Waals surface area contributed by atoms with Crippen molar-refractivity contribution in [2.75, 3.05) is 20.2 Å². The number of alkyl halides is 1. The first-order valence-electron chi connectivity index (χ1n) is 4.77. The molecule has 0 bridgehead atoms. The highest BCUT2D eigenvalue weighted by molar-refractivity contribution is 9.10. The predicted octanol–water partition coefficient (Wildman–Crippen LogP) is 0.990. The Morgan fingerprint density at radius 3 is 2.50 bits per heavy atom. The van der Waals surface area contributed by atoms with Gasteiger partial charge < -0.3 is 9.47 Å². The van der Waals surface area contributed by atoms with E-state index in [1.54, 1.807) is 7.11 Å². The smallest absolute Gasteiger partial charge is 0.323 e. The number of methoxy groups -OCH3 is 1. The molecule has 0 aliphatic carbocycles. The number of carbonyl (C=O) groups is 1. The second-order valence-electron chi connectivity index (χ2n) is 3.15. The third-order valence-electron chi connectivity index (χ3n) is 2.50. The van der Waals surface area contributed by atoms with Crippen LogP contribution >= 0.6 is 15.9 Å². The molecule has 0 saturated carbocycles. The van der Waals surface area contributed by atoms with Crippen LogP contribution in [0, 0.1) is 0 Å². The van der Waals surface area contributed by atoms with Crippen LogP contribution in [0.15, 0.2) is 0 Å². The Labute approximate surface area is 92.7 Å². The SMILES string of the molecule is CCN(CC)C1C(OC)OC(=O)C1Br. The van der Waals surface area contributed by atoms with Crippen molar-refractivity contribution in [3.63, 3.8) is 0 Å². The standard InChI is InChI=1S/C9H16BrNO3/c1-4-11(5-2)7-6(10)8(12)14-9(7)13-3/h6-7,9H,4-5H2,1-3H3. The van der Waals surface area contributed by atoms with Crippen molar-refractivity contribution in [2.45, 2.75) is 31.0 Å². The lowest BCUT2D eigenvalue weighted by molar-refractivity contribution is -0.162. The zero-order chi connectivity index (χ0) is 10.7. The summed E-state index contributed by atoms with van der Waals surface area (Å²) in [5.41, 5.74) is 0. The summed E-state index contributed by atoms with van der Waals surface area (Å²) in [5.74, 6) is -0.242. The van der Waals surface area contributed by atoms with Gasteiger partial charge in [0.25, 0.3) is 0 Å². The highest BCUT2D eigenvalue weighted by atomic mass is 79.9. The fourth-order valence-electron chi connectivity index (χ4n) is 1.72. The molecule has 1 heterocycles. The summed E-state index contributed by atoms with van der Waals surface area (Å²) in [4.78, 5) is 13.2. The number of ether oxygens (including phenoxy) is 2. The molecule has 3 unspecified atom stereocenters. The average Bonchev–Trinajstić information content (AvgIpc) is 2.47. The second kappa shape index (κ2) is 5.09. The summed E-state index contributed by atoms with van der Waals surface area (Å²) in [6, 6.07) is -0.0255. The molecule has 1 fully saturated rings. The number of carbonyl (C=O) groups excluding carboxylic acids is 1. The number of nitrogens with zero attached hydrogens (tertiary/aromatic N) is 1. The van der Waals surface area contributed by atoms with Crippen molar-refractivity contribution in [1.82, 2.24) is 4.90 Å². The van der Waals surface area contributed by atoms with Gasteiger partial charge in [0.15, 0.2) is 0 Å². The minimum atomic E-state index is -0.452. The largest absolute Gasteiger partial charge is 0.433 e. The normalized spacial score (nSPS) is 32.4. The number of hydrogen-bond acceptors (Lipinski definition) is 4. The van der Waals surface area contributed by atoms with E-state index in [1.807, 2.05) is 0 Å². The van der Waals surface area contributed by atoms with Crippen molar-refractivity contribution in [1.29, 1.82) is 0 Å². The molecule has 0 radical (unpaired) electrons. The number of cyclic esters (lactones) is 1. The van der Waals surface area contributed by atoms with Gasteiger partial charge in [-0.25, -0.2) is 0 Å². The van der Waals surface area contributed by atoms with Crippen molar-refractivity contribution in [3.8, 4) is 0 Å². The molecule has 4 nitrogen and oxygen atoms in total. The number of rotatable bonds is 4. The Morgan fingerprint density at radius 1 is 1.50 bits per heavy atom. The van der Waals surface area contributed by atoms with Crippen LogP contribution in [0.5, 0.6) is 0 Å². The Morgan fingerprint density at radius 2 is 2.07 bits per heavy atom. The van der Waals surface area contributed by atoms with Gasteiger partial charge in [0, 0.05) is 7.11 Å². The minimum absolute atomic E-state index is 0.0255. The maximum absolute atomic E-state index is 11.3. The van der Waals surface area contributed by atoms with E-state index < -0.39 is 6.29 Å². The van der Waals surface area contributed by atoms with Crippen LogP contribution < -0.4 is 0 Å². The summed E-state index contributed by atoms with van der Waals surface area (Å²) < 4.78 is 10.2. The lowest BCUT2D eigenvalue weighted by Gasteiger charge is -2.29. The lowest BCUT2D eigenvalue weighted by atomic mass is 10.2. The molecular weight excluding hydrogens is 250 g/mol. The van der Waals surface area contributed by atoms with E-state index in [-0.39, 0.29) is 16.8 Å². The zero-order valence-corrected chi connectivity index (χ0v) is 10.3. The fraction of sp³-hybridized carbons (Fsp3) is 0.889. The molecule has 1 aliphatic rings. The third kappa shape index (κ3) is 2.10. The van der Waals surface area contributed by atoms with Gasteiger partial charge in [-0.05, 0) is 13.1 Å². The third-order valence-corrected chi connectivity index (χ3v) is 3.42. The lowest BCUT2D eigenvalue weighted by Crippen LogP contribution is -2.46. The fourth-order valence-corrected chi connectivity index (χ4v) is 2.41. The van der Waals surface area contributed by atoms with Crippen LogP contribution in [0.3, 0.4) is 0 Å². The monoisotopic (exact) mass is 265 g/mol. The maximum Gasteiger partial charge on any atom is 0.323 e.